The van der Waals surface area contributed by atoms with Crippen LogP contribution in [0.5, 0.6) is 0 Å². The minimum atomic E-state index is 0.396. The van der Waals surface area contributed by atoms with Crippen molar-refractivity contribution in [2.45, 2.75) is 46.5 Å². The molecule has 68 valence electrons. The van der Waals surface area contributed by atoms with Crippen molar-refractivity contribution in [2.24, 2.45) is 5.92 Å². The summed E-state index contributed by atoms with van der Waals surface area (Å²) < 4.78 is 0. The average Bonchev–Trinajstić information content (AvgIpc) is 1.96. The summed E-state index contributed by atoms with van der Waals surface area (Å²) in [5.41, 5.74) is 2.45. The van der Waals surface area contributed by atoms with Crippen LogP contribution in [-0.2, 0) is 4.79 Å². The molecule has 0 heterocycles. The van der Waals surface area contributed by atoms with E-state index in [-0.39, 0.29) is 0 Å². The van der Waals surface area contributed by atoms with Crippen molar-refractivity contribution in [1.82, 2.24) is 0 Å². The Morgan fingerprint density at radius 2 is 2.08 bits per heavy atom. The van der Waals surface area contributed by atoms with Crippen LogP contribution < -0.4 is 0 Å². The van der Waals surface area contributed by atoms with E-state index in [1.807, 2.05) is 0 Å². The molecule has 1 atom stereocenters. The highest BCUT2D eigenvalue weighted by molar-refractivity contribution is 5.96. The van der Waals surface area contributed by atoms with E-state index in [0.717, 1.165) is 31.3 Å². The molecule has 0 aromatic rings. The second-order valence-electron chi connectivity index (χ2n) is 3.95. The third-order valence-corrected chi connectivity index (χ3v) is 2.54. The van der Waals surface area contributed by atoms with Gasteiger partial charge in [0, 0.05) is 6.42 Å². The number of carbonyl (C=O) groups excluding carboxylic acids is 1. The summed E-state index contributed by atoms with van der Waals surface area (Å²) in [7, 11) is 0. The molecule has 0 N–H and O–H groups in total. The lowest BCUT2D eigenvalue weighted by atomic mass is 9.83. The third-order valence-electron chi connectivity index (χ3n) is 2.54. The van der Waals surface area contributed by atoms with Gasteiger partial charge in [0.15, 0.2) is 5.78 Å². The maximum atomic E-state index is 11.5. The molecule has 0 aromatic carbocycles. The van der Waals surface area contributed by atoms with Gasteiger partial charge in [-0.2, -0.15) is 0 Å². The van der Waals surface area contributed by atoms with Gasteiger partial charge in [-0.15, -0.1) is 0 Å². The fraction of sp³-hybridized carbons (Fsp3) is 0.727. The number of Topliss-reactive ketones (excluding diaryl/α,β-unsaturated/α-hetero) is 1. The van der Waals surface area contributed by atoms with Crippen molar-refractivity contribution in [3.05, 3.63) is 11.1 Å². The van der Waals surface area contributed by atoms with Crippen LogP contribution in [0, 0.1) is 5.92 Å². The first-order valence-electron chi connectivity index (χ1n) is 4.87. The van der Waals surface area contributed by atoms with Gasteiger partial charge >= 0.3 is 0 Å². The van der Waals surface area contributed by atoms with E-state index >= 15 is 0 Å². The van der Waals surface area contributed by atoms with Crippen LogP contribution in [0.15, 0.2) is 11.1 Å². The van der Waals surface area contributed by atoms with E-state index in [4.69, 9.17) is 0 Å². The van der Waals surface area contributed by atoms with Gasteiger partial charge < -0.3 is 0 Å². The molecule has 0 fully saturated rings. The molecule has 0 spiro atoms. The van der Waals surface area contributed by atoms with Crippen LogP contribution in [0.1, 0.15) is 46.5 Å². The molecule has 0 bridgehead atoms. The van der Waals surface area contributed by atoms with Crippen molar-refractivity contribution in [2.75, 3.05) is 0 Å². The number of allylic oxidation sites excluding steroid dienone is 2. The minimum Gasteiger partial charge on any atom is -0.295 e. The molecule has 12 heavy (non-hydrogen) atoms. The van der Waals surface area contributed by atoms with Gasteiger partial charge in [-0.05, 0) is 31.3 Å². The van der Waals surface area contributed by atoms with Gasteiger partial charge in [-0.1, -0.05) is 25.8 Å². The molecule has 0 saturated heterocycles. The van der Waals surface area contributed by atoms with Crippen LogP contribution in [0.3, 0.4) is 0 Å². The van der Waals surface area contributed by atoms with E-state index in [2.05, 4.69) is 20.8 Å². The Labute approximate surface area is 74.9 Å². The predicted molar refractivity (Wildman–Crippen MR) is 51.0 cm³/mol. The number of rotatable bonds is 2. The highest BCUT2D eigenvalue weighted by atomic mass is 16.1. The lowest BCUT2D eigenvalue weighted by Crippen LogP contribution is -2.16. The number of carbonyl (C=O) groups is 1. The molecule has 0 aliphatic heterocycles. The number of ketones is 1. The molecule has 1 unspecified atom stereocenters. The van der Waals surface area contributed by atoms with Crippen molar-refractivity contribution in [3.8, 4) is 0 Å². The topological polar surface area (TPSA) is 17.1 Å². The standard InChI is InChI=1S/C11H18O/c1-4-5-10-9(3)6-8(2)7-11(10)12/h8H,4-7H2,1-3H3. The predicted octanol–water partition coefficient (Wildman–Crippen LogP) is 3.10. The summed E-state index contributed by atoms with van der Waals surface area (Å²) in [5.74, 6) is 0.964. The van der Waals surface area contributed by atoms with Crippen LogP contribution in [0.2, 0.25) is 0 Å². The number of hydrogen-bond donors (Lipinski definition) is 0. The first kappa shape index (κ1) is 9.50. The van der Waals surface area contributed by atoms with Crippen molar-refractivity contribution in [1.29, 1.82) is 0 Å². The van der Waals surface area contributed by atoms with E-state index in [9.17, 15) is 4.79 Å². The van der Waals surface area contributed by atoms with E-state index in [1.165, 1.54) is 5.57 Å². The fourth-order valence-electron chi connectivity index (χ4n) is 2.00. The van der Waals surface area contributed by atoms with Gasteiger partial charge in [0.05, 0.1) is 0 Å². The quantitative estimate of drug-likeness (QED) is 0.616. The lowest BCUT2D eigenvalue weighted by Gasteiger charge is -2.21. The zero-order chi connectivity index (χ0) is 9.14. The molecule has 1 aliphatic carbocycles. The highest BCUT2D eigenvalue weighted by Gasteiger charge is 2.21. The molecule has 1 heteroatoms. The van der Waals surface area contributed by atoms with Crippen molar-refractivity contribution in [3.63, 3.8) is 0 Å². The van der Waals surface area contributed by atoms with Crippen molar-refractivity contribution < 1.29 is 4.79 Å². The Morgan fingerprint density at radius 3 is 2.58 bits per heavy atom. The SMILES string of the molecule is CCCC1=C(C)CC(C)CC1=O. The molecular formula is C11H18O. The molecule has 0 saturated carbocycles. The average molecular weight is 166 g/mol. The zero-order valence-corrected chi connectivity index (χ0v) is 8.31. The minimum absolute atomic E-state index is 0.396. The third kappa shape index (κ3) is 1.96. The summed E-state index contributed by atoms with van der Waals surface area (Å²) in [4.78, 5) is 11.5. The molecule has 0 aromatic heterocycles. The number of hydrogen-bond acceptors (Lipinski definition) is 1. The Bertz CT molecular complexity index is 213. The summed E-state index contributed by atoms with van der Waals surface area (Å²) in [6.45, 7) is 6.40. The zero-order valence-electron chi connectivity index (χ0n) is 8.31. The summed E-state index contributed by atoms with van der Waals surface area (Å²) in [5, 5.41) is 0. The first-order valence-corrected chi connectivity index (χ1v) is 4.87. The smallest absolute Gasteiger partial charge is 0.159 e. The summed E-state index contributed by atoms with van der Waals surface area (Å²) >= 11 is 0. The first-order chi connectivity index (χ1) is 5.65. The fourth-order valence-corrected chi connectivity index (χ4v) is 2.00. The van der Waals surface area contributed by atoms with Crippen LogP contribution in [0.4, 0.5) is 0 Å². The Morgan fingerprint density at radius 1 is 1.42 bits per heavy atom. The van der Waals surface area contributed by atoms with Crippen LogP contribution in [0.25, 0.3) is 0 Å². The van der Waals surface area contributed by atoms with Gasteiger partial charge in [0.25, 0.3) is 0 Å². The van der Waals surface area contributed by atoms with Crippen LogP contribution >= 0.6 is 0 Å². The van der Waals surface area contributed by atoms with Gasteiger partial charge in [-0.25, -0.2) is 0 Å². The maximum Gasteiger partial charge on any atom is 0.159 e. The summed E-state index contributed by atoms with van der Waals surface area (Å²) in [6.07, 6.45) is 3.97. The molecule has 0 amide bonds. The normalized spacial score (nSPS) is 24.9. The molecule has 0 radical (unpaired) electrons. The largest absolute Gasteiger partial charge is 0.295 e. The van der Waals surface area contributed by atoms with Crippen molar-refractivity contribution >= 4 is 5.78 Å². The Kier molecular flexibility index (Phi) is 3.07. The Balaban J connectivity index is 2.78. The van der Waals surface area contributed by atoms with Gasteiger partial charge in [0.2, 0.25) is 0 Å². The monoisotopic (exact) mass is 166 g/mol. The molecular weight excluding hydrogens is 148 g/mol. The second kappa shape index (κ2) is 3.88. The summed E-state index contributed by atoms with van der Waals surface area (Å²) in [6, 6.07) is 0. The Hall–Kier alpha value is -0.590. The maximum absolute atomic E-state index is 11.5. The van der Waals surface area contributed by atoms with E-state index in [0.29, 0.717) is 11.7 Å². The molecule has 1 rings (SSSR count). The second-order valence-corrected chi connectivity index (χ2v) is 3.95. The highest BCUT2D eigenvalue weighted by Crippen LogP contribution is 2.28. The van der Waals surface area contributed by atoms with Gasteiger partial charge in [-0.3, -0.25) is 4.79 Å². The van der Waals surface area contributed by atoms with E-state index in [1.54, 1.807) is 0 Å². The lowest BCUT2D eigenvalue weighted by molar-refractivity contribution is -0.117. The molecule has 1 aliphatic rings. The van der Waals surface area contributed by atoms with Crippen LogP contribution in [-0.4, -0.2) is 5.78 Å². The van der Waals surface area contributed by atoms with Gasteiger partial charge in [0.1, 0.15) is 0 Å². The van der Waals surface area contributed by atoms with E-state index < -0.39 is 0 Å². The molecule has 1 nitrogen and oxygen atoms in total.